The lowest BCUT2D eigenvalue weighted by Crippen LogP contribution is -2.41. The summed E-state index contributed by atoms with van der Waals surface area (Å²) in [5.41, 5.74) is 5.90. The van der Waals surface area contributed by atoms with E-state index >= 15 is 0 Å². The highest BCUT2D eigenvalue weighted by Crippen LogP contribution is 2.23. The highest BCUT2D eigenvalue weighted by molar-refractivity contribution is 5.85. The van der Waals surface area contributed by atoms with Gasteiger partial charge in [-0.05, 0) is 38.5 Å². The van der Waals surface area contributed by atoms with E-state index in [2.05, 4.69) is 5.32 Å². The molecule has 0 spiro atoms. The second-order valence-electron chi connectivity index (χ2n) is 5.36. The average molecular weight is 277 g/mol. The Morgan fingerprint density at radius 1 is 1.22 bits per heavy atom. The van der Waals surface area contributed by atoms with Crippen LogP contribution in [0.15, 0.2) is 0 Å². The zero-order valence-electron chi connectivity index (χ0n) is 10.9. The van der Waals surface area contributed by atoms with Crippen molar-refractivity contribution in [3.8, 4) is 0 Å². The van der Waals surface area contributed by atoms with Crippen LogP contribution in [0.3, 0.4) is 0 Å². The van der Waals surface area contributed by atoms with Crippen LogP contribution in [0.1, 0.15) is 44.9 Å². The van der Waals surface area contributed by atoms with Crippen molar-refractivity contribution in [3.05, 3.63) is 0 Å². The zero-order chi connectivity index (χ0) is 12.1. The van der Waals surface area contributed by atoms with Gasteiger partial charge in [-0.15, -0.1) is 12.4 Å². The Morgan fingerprint density at radius 3 is 2.72 bits per heavy atom. The molecule has 1 amide bonds. The Hall–Kier alpha value is -0.320. The summed E-state index contributed by atoms with van der Waals surface area (Å²) < 4.78 is 5.60. The molecule has 5 heteroatoms. The molecule has 0 aromatic heterocycles. The topological polar surface area (TPSA) is 64.4 Å². The summed E-state index contributed by atoms with van der Waals surface area (Å²) in [4.78, 5) is 12.0. The largest absolute Gasteiger partial charge is 0.376 e. The third-order valence-corrected chi connectivity index (χ3v) is 3.86. The van der Waals surface area contributed by atoms with Crippen molar-refractivity contribution in [2.24, 2.45) is 11.7 Å². The maximum atomic E-state index is 12.0. The second kappa shape index (κ2) is 7.97. The van der Waals surface area contributed by atoms with E-state index in [9.17, 15) is 4.79 Å². The van der Waals surface area contributed by atoms with Gasteiger partial charge in [0.25, 0.3) is 0 Å². The molecule has 1 aliphatic carbocycles. The van der Waals surface area contributed by atoms with E-state index in [-0.39, 0.29) is 36.4 Å². The third kappa shape index (κ3) is 4.75. The third-order valence-electron chi connectivity index (χ3n) is 3.86. The zero-order valence-corrected chi connectivity index (χ0v) is 11.7. The molecule has 4 nitrogen and oxygen atoms in total. The maximum absolute atomic E-state index is 12.0. The molecule has 1 aliphatic heterocycles. The number of nitrogens with one attached hydrogen (secondary N) is 1. The van der Waals surface area contributed by atoms with E-state index in [0.29, 0.717) is 6.54 Å². The molecule has 0 aromatic rings. The van der Waals surface area contributed by atoms with E-state index in [0.717, 1.165) is 45.1 Å². The van der Waals surface area contributed by atoms with Gasteiger partial charge in [-0.3, -0.25) is 4.79 Å². The van der Waals surface area contributed by atoms with Gasteiger partial charge < -0.3 is 15.8 Å². The maximum Gasteiger partial charge on any atom is 0.223 e. The van der Waals surface area contributed by atoms with E-state index in [1.54, 1.807) is 0 Å². The molecule has 1 heterocycles. The number of carbonyl (C=O) groups is 1. The van der Waals surface area contributed by atoms with Crippen molar-refractivity contribution >= 4 is 18.3 Å². The van der Waals surface area contributed by atoms with Crippen molar-refractivity contribution in [2.75, 3.05) is 13.2 Å². The molecule has 2 rings (SSSR count). The lowest BCUT2D eigenvalue weighted by molar-refractivity contribution is -0.127. The molecule has 0 bridgehead atoms. The van der Waals surface area contributed by atoms with Crippen LogP contribution in [0.2, 0.25) is 0 Å². The highest BCUT2D eigenvalue weighted by atomic mass is 35.5. The molecule has 106 valence electrons. The van der Waals surface area contributed by atoms with Crippen LogP contribution in [0.4, 0.5) is 0 Å². The summed E-state index contributed by atoms with van der Waals surface area (Å²) in [6, 6.07) is 0.213. The van der Waals surface area contributed by atoms with Crippen LogP contribution in [0.5, 0.6) is 0 Å². The first kappa shape index (κ1) is 15.7. The first-order valence-corrected chi connectivity index (χ1v) is 6.90. The number of ether oxygens (including phenoxy) is 1. The van der Waals surface area contributed by atoms with Crippen LogP contribution < -0.4 is 11.1 Å². The molecular formula is C13H25ClN2O2. The SMILES string of the molecule is Cl.NC1CCCC(C(=O)NCC2CCCCO2)C1. The predicted octanol–water partition coefficient (Wildman–Crippen LogP) is 1.61. The smallest absolute Gasteiger partial charge is 0.223 e. The van der Waals surface area contributed by atoms with Gasteiger partial charge in [-0.2, -0.15) is 0 Å². The van der Waals surface area contributed by atoms with Gasteiger partial charge >= 0.3 is 0 Å². The van der Waals surface area contributed by atoms with Crippen LogP contribution in [-0.2, 0) is 9.53 Å². The Labute approximate surface area is 115 Å². The summed E-state index contributed by atoms with van der Waals surface area (Å²) >= 11 is 0. The summed E-state index contributed by atoms with van der Waals surface area (Å²) in [6.45, 7) is 1.51. The molecule has 3 atom stereocenters. The number of hydrogen-bond donors (Lipinski definition) is 2. The first-order valence-electron chi connectivity index (χ1n) is 6.90. The van der Waals surface area contributed by atoms with Gasteiger partial charge in [0.05, 0.1) is 6.10 Å². The molecule has 18 heavy (non-hydrogen) atoms. The van der Waals surface area contributed by atoms with Crippen LogP contribution in [0.25, 0.3) is 0 Å². The van der Waals surface area contributed by atoms with Crippen LogP contribution in [0, 0.1) is 5.92 Å². The van der Waals surface area contributed by atoms with E-state index < -0.39 is 0 Å². The number of rotatable bonds is 3. The summed E-state index contributed by atoms with van der Waals surface area (Å²) in [6.07, 6.45) is 7.66. The van der Waals surface area contributed by atoms with E-state index in [1.807, 2.05) is 0 Å². The fraction of sp³-hybridized carbons (Fsp3) is 0.923. The minimum Gasteiger partial charge on any atom is -0.376 e. The number of amides is 1. The molecule has 2 aliphatic rings. The van der Waals surface area contributed by atoms with Gasteiger partial charge in [0, 0.05) is 25.1 Å². The quantitative estimate of drug-likeness (QED) is 0.823. The monoisotopic (exact) mass is 276 g/mol. The van der Waals surface area contributed by atoms with E-state index in [4.69, 9.17) is 10.5 Å². The molecular weight excluding hydrogens is 252 g/mol. The molecule has 1 saturated carbocycles. The molecule has 3 N–H and O–H groups in total. The van der Waals surface area contributed by atoms with Crippen LogP contribution >= 0.6 is 12.4 Å². The lowest BCUT2D eigenvalue weighted by Gasteiger charge is -2.27. The van der Waals surface area contributed by atoms with Crippen molar-refractivity contribution in [3.63, 3.8) is 0 Å². The number of hydrogen-bond acceptors (Lipinski definition) is 3. The lowest BCUT2D eigenvalue weighted by atomic mass is 9.85. The van der Waals surface area contributed by atoms with Gasteiger partial charge in [0.15, 0.2) is 0 Å². The van der Waals surface area contributed by atoms with E-state index in [1.165, 1.54) is 6.42 Å². The molecule has 2 fully saturated rings. The summed E-state index contributed by atoms with van der Waals surface area (Å²) in [7, 11) is 0. The Balaban J connectivity index is 0.00000162. The van der Waals surface area contributed by atoms with Crippen molar-refractivity contribution < 1.29 is 9.53 Å². The summed E-state index contributed by atoms with van der Waals surface area (Å²) in [5.74, 6) is 0.302. The molecule has 0 aromatic carbocycles. The van der Waals surface area contributed by atoms with Crippen molar-refractivity contribution in [1.82, 2.24) is 5.32 Å². The number of carbonyl (C=O) groups excluding carboxylic acids is 1. The van der Waals surface area contributed by atoms with Crippen molar-refractivity contribution in [2.45, 2.75) is 57.1 Å². The Morgan fingerprint density at radius 2 is 2.06 bits per heavy atom. The van der Waals surface area contributed by atoms with Gasteiger partial charge in [0.2, 0.25) is 5.91 Å². The summed E-state index contributed by atoms with van der Waals surface area (Å²) in [5, 5.41) is 3.02. The van der Waals surface area contributed by atoms with Gasteiger partial charge in [-0.25, -0.2) is 0 Å². The highest BCUT2D eigenvalue weighted by Gasteiger charge is 2.25. The Kier molecular flexibility index (Phi) is 6.97. The average Bonchev–Trinajstić information content (AvgIpc) is 2.37. The van der Waals surface area contributed by atoms with Gasteiger partial charge in [0.1, 0.15) is 0 Å². The van der Waals surface area contributed by atoms with Crippen LogP contribution in [-0.4, -0.2) is 31.2 Å². The van der Waals surface area contributed by atoms with Crippen molar-refractivity contribution in [1.29, 1.82) is 0 Å². The fourth-order valence-corrected chi connectivity index (χ4v) is 2.79. The minimum atomic E-state index is 0. The first-order chi connectivity index (χ1) is 8.25. The molecule has 0 radical (unpaired) electrons. The molecule has 3 unspecified atom stereocenters. The number of halogens is 1. The second-order valence-corrected chi connectivity index (χ2v) is 5.36. The minimum absolute atomic E-state index is 0. The standard InChI is InChI=1S/C13H24N2O2.ClH/c14-11-5-3-4-10(8-11)13(16)15-9-12-6-1-2-7-17-12;/h10-12H,1-9,14H2,(H,15,16);1H. The normalized spacial score (nSPS) is 32.4. The molecule has 1 saturated heterocycles. The fourth-order valence-electron chi connectivity index (χ4n) is 2.79. The predicted molar refractivity (Wildman–Crippen MR) is 73.8 cm³/mol. The Bertz CT molecular complexity index is 257. The van der Waals surface area contributed by atoms with Gasteiger partial charge in [-0.1, -0.05) is 6.42 Å². The number of nitrogens with two attached hydrogens (primary N) is 1.